The van der Waals surface area contributed by atoms with Crippen LogP contribution in [0.1, 0.15) is 34.1 Å². The van der Waals surface area contributed by atoms with E-state index in [0.29, 0.717) is 24.0 Å². The van der Waals surface area contributed by atoms with Gasteiger partial charge in [-0.1, -0.05) is 39.3 Å². The van der Waals surface area contributed by atoms with Crippen molar-refractivity contribution in [2.75, 3.05) is 0 Å². The lowest BCUT2D eigenvalue weighted by molar-refractivity contribution is 0.0202. The average molecular weight is 180 g/mol. The van der Waals surface area contributed by atoms with Crippen LogP contribution >= 0.6 is 0 Å². The number of rotatable bonds is 2. The second kappa shape index (κ2) is 3.13. The molecule has 0 aromatic heterocycles. The first kappa shape index (κ1) is 9.26. The zero-order valence-electron chi connectivity index (χ0n) is 9.08. The molecular formula is C12H20O. The molecule has 0 spiro atoms. The smallest absolute Gasteiger partial charge is 0.0769 e. The molecule has 0 aromatic carbocycles. The van der Waals surface area contributed by atoms with Gasteiger partial charge in [0.15, 0.2) is 0 Å². The lowest BCUT2D eigenvalue weighted by Gasteiger charge is -2.28. The van der Waals surface area contributed by atoms with Gasteiger partial charge < -0.3 is 4.74 Å². The zero-order valence-corrected chi connectivity index (χ0v) is 9.08. The Balaban J connectivity index is 2.15. The third kappa shape index (κ3) is 1.43. The summed E-state index contributed by atoms with van der Waals surface area (Å²) >= 11 is 0. The number of ether oxygens (including phenoxy) is 1. The predicted octanol–water partition coefficient (Wildman–Crippen LogP) is 3.01. The third-order valence-electron chi connectivity index (χ3n) is 3.34. The molecule has 1 saturated heterocycles. The van der Waals surface area contributed by atoms with E-state index in [1.807, 2.05) is 0 Å². The lowest BCUT2D eigenvalue weighted by Crippen LogP contribution is -2.27. The fourth-order valence-corrected chi connectivity index (χ4v) is 2.75. The molecule has 0 aromatic rings. The Morgan fingerprint density at radius 1 is 1.31 bits per heavy atom. The molecular weight excluding hydrogens is 160 g/mol. The van der Waals surface area contributed by atoms with Crippen molar-refractivity contribution in [3.8, 4) is 0 Å². The van der Waals surface area contributed by atoms with E-state index < -0.39 is 0 Å². The monoisotopic (exact) mass is 180 g/mol. The van der Waals surface area contributed by atoms with E-state index in [-0.39, 0.29) is 0 Å². The fourth-order valence-electron chi connectivity index (χ4n) is 2.75. The summed E-state index contributed by atoms with van der Waals surface area (Å²) in [5.74, 6) is 2.10. The first-order chi connectivity index (χ1) is 6.09. The minimum absolute atomic E-state index is 0.440. The average Bonchev–Trinajstić information content (AvgIpc) is 2.60. The second-order valence-electron chi connectivity index (χ2n) is 5.05. The van der Waals surface area contributed by atoms with Crippen molar-refractivity contribution in [2.45, 2.75) is 46.3 Å². The maximum Gasteiger partial charge on any atom is 0.0769 e. The molecule has 0 saturated carbocycles. The maximum absolute atomic E-state index is 5.93. The molecule has 13 heavy (non-hydrogen) atoms. The highest BCUT2D eigenvalue weighted by Gasteiger charge is 2.43. The van der Waals surface area contributed by atoms with Crippen molar-refractivity contribution in [2.24, 2.45) is 17.8 Å². The van der Waals surface area contributed by atoms with E-state index in [2.05, 4.69) is 33.8 Å². The van der Waals surface area contributed by atoms with Gasteiger partial charge in [-0.15, -0.1) is 0 Å². The summed E-state index contributed by atoms with van der Waals surface area (Å²) in [6.07, 6.45) is 4.53. The van der Waals surface area contributed by atoms with Crippen molar-refractivity contribution >= 4 is 0 Å². The second-order valence-corrected chi connectivity index (χ2v) is 5.05. The Kier molecular flexibility index (Phi) is 2.23. The number of fused-ring (bicyclic) bond motifs is 2. The first-order valence-electron chi connectivity index (χ1n) is 5.46. The lowest BCUT2D eigenvalue weighted by atomic mass is 9.84. The van der Waals surface area contributed by atoms with Crippen LogP contribution in [0.5, 0.6) is 0 Å². The Morgan fingerprint density at radius 3 is 2.46 bits per heavy atom. The van der Waals surface area contributed by atoms with Crippen molar-refractivity contribution in [1.82, 2.24) is 0 Å². The molecule has 2 rings (SSSR count). The Morgan fingerprint density at radius 2 is 2.00 bits per heavy atom. The third-order valence-corrected chi connectivity index (χ3v) is 3.34. The van der Waals surface area contributed by atoms with Gasteiger partial charge in [-0.05, 0) is 18.3 Å². The highest BCUT2D eigenvalue weighted by molar-refractivity contribution is 5.24. The SMILES string of the molecule is CC(C)C1=CC2CC1C(C(C)C)O2. The molecule has 0 amide bonds. The van der Waals surface area contributed by atoms with Gasteiger partial charge in [0, 0.05) is 5.92 Å². The van der Waals surface area contributed by atoms with E-state index in [1.54, 1.807) is 5.57 Å². The number of hydrogen-bond acceptors (Lipinski definition) is 1. The van der Waals surface area contributed by atoms with E-state index >= 15 is 0 Å². The molecule has 1 nitrogen and oxygen atoms in total. The van der Waals surface area contributed by atoms with Gasteiger partial charge in [0.1, 0.15) is 0 Å². The molecule has 2 bridgehead atoms. The van der Waals surface area contributed by atoms with Crippen LogP contribution in [0.15, 0.2) is 11.6 Å². The van der Waals surface area contributed by atoms with Crippen LogP contribution in [-0.2, 0) is 4.74 Å². The molecule has 1 heteroatoms. The summed E-state index contributed by atoms with van der Waals surface area (Å²) in [4.78, 5) is 0. The Hall–Kier alpha value is -0.300. The summed E-state index contributed by atoms with van der Waals surface area (Å²) in [6, 6.07) is 0. The van der Waals surface area contributed by atoms with Crippen LogP contribution in [0.3, 0.4) is 0 Å². The highest BCUT2D eigenvalue weighted by Crippen LogP contribution is 2.44. The predicted molar refractivity (Wildman–Crippen MR) is 54.5 cm³/mol. The van der Waals surface area contributed by atoms with Crippen LogP contribution in [0, 0.1) is 17.8 Å². The summed E-state index contributed by atoms with van der Waals surface area (Å²) in [5.41, 5.74) is 1.65. The van der Waals surface area contributed by atoms with Crippen molar-refractivity contribution in [3.05, 3.63) is 11.6 Å². The van der Waals surface area contributed by atoms with Crippen LogP contribution in [0.4, 0.5) is 0 Å². The summed E-state index contributed by atoms with van der Waals surface area (Å²) in [6.45, 7) is 9.13. The molecule has 1 heterocycles. The van der Waals surface area contributed by atoms with E-state index in [1.165, 1.54) is 6.42 Å². The van der Waals surface area contributed by atoms with E-state index in [0.717, 1.165) is 5.92 Å². The summed E-state index contributed by atoms with van der Waals surface area (Å²) in [7, 11) is 0. The topological polar surface area (TPSA) is 9.23 Å². The van der Waals surface area contributed by atoms with E-state index in [4.69, 9.17) is 4.74 Å². The normalized spacial score (nSPS) is 37.7. The zero-order chi connectivity index (χ0) is 9.59. The molecule has 0 radical (unpaired) electrons. The molecule has 1 aliphatic carbocycles. The van der Waals surface area contributed by atoms with Gasteiger partial charge in [0.25, 0.3) is 0 Å². The summed E-state index contributed by atoms with van der Waals surface area (Å²) in [5, 5.41) is 0. The minimum atomic E-state index is 0.440. The van der Waals surface area contributed by atoms with Crippen molar-refractivity contribution < 1.29 is 4.74 Å². The Labute approximate surface area is 81.2 Å². The number of hydrogen-bond donors (Lipinski definition) is 0. The van der Waals surface area contributed by atoms with Gasteiger partial charge in [-0.3, -0.25) is 0 Å². The maximum atomic E-state index is 5.93. The molecule has 0 N–H and O–H groups in total. The fraction of sp³-hybridized carbons (Fsp3) is 0.833. The van der Waals surface area contributed by atoms with Crippen LogP contribution < -0.4 is 0 Å². The van der Waals surface area contributed by atoms with Gasteiger partial charge >= 0.3 is 0 Å². The quantitative estimate of drug-likeness (QED) is 0.593. The molecule has 1 fully saturated rings. The van der Waals surface area contributed by atoms with Gasteiger partial charge in [-0.25, -0.2) is 0 Å². The first-order valence-corrected chi connectivity index (χ1v) is 5.46. The van der Waals surface area contributed by atoms with Gasteiger partial charge in [0.2, 0.25) is 0 Å². The van der Waals surface area contributed by atoms with E-state index in [9.17, 15) is 0 Å². The van der Waals surface area contributed by atoms with Crippen LogP contribution in [0.25, 0.3) is 0 Å². The minimum Gasteiger partial charge on any atom is -0.370 e. The van der Waals surface area contributed by atoms with Crippen molar-refractivity contribution in [1.29, 1.82) is 0 Å². The molecule has 3 unspecified atom stereocenters. The summed E-state index contributed by atoms with van der Waals surface area (Å²) < 4.78 is 5.93. The molecule has 1 aliphatic heterocycles. The van der Waals surface area contributed by atoms with Crippen LogP contribution in [0.2, 0.25) is 0 Å². The highest BCUT2D eigenvalue weighted by atomic mass is 16.5. The van der Waals surface area contributed by atoms with Gasteiger partial charge in [-0.2, -0.15) is 0 Å². The molecule has 74 valence electrons. The molecule has 3 atom stereocenters. The molecule has 2 aliphatic rings. The Bertz CT molecular complexity index is 227. The standard InChI is InChI=1S/C12H20O/c1-7(2)10-5-9-6-11(10)12(13-9)8(3)4/h5,7-9,11-12H,6H2,1-4H3. The van der Waals surface area contributed by atoms with Gasteiger partial charge in [0.05, 0.1) is 12.2 Å². The largest absolute Gasteiger partial charge is 0.370 e. The van der Waals surface area contributed by atoms with Crippen molar-refractivity contribution in [3.63, 3.8) is 0 Å². The van der Waals surface area contributed by atoms with Crippen LogP contribution in [-0.4, -0.2) is 12.2 Å².